The lowest BCUT2D eigenvalue weighted by Crippen LogP contribution is -2.35. The van der Waals surface area contributed by atoms with Gasteiger partial charge in [0, 0.05) is 21.5 Å². The van der Waals surface area contributed by atoms with Gasteiger partial charge in [0.2, 0.25) is 0 Å². The van der Waals surface area contributed by atoms with Crippen LogP contribution in [0.5, 0.6) is 0 Å². The highest BCUT2D eigenvalue weighted by Crippen LogP contribution is 2.39. The van der Waals surface area contributed by atoms with Crippen molar-refractivity contribution in [3.63, 3.8) is 0 Å². The summed E-state index contributed by atoms with van der Waals surface area (Å²) in [6, 6.07) is 8.15. The number of amides is 4. The summed E-state index contributed by atoms with van der Waals surface area (Å²) >= 11 is 1.38. The molecule has 0 fully saturated rings. The number of hydrogen-bond donors (Lipinski definition) is 3. The highest BCUT2D eigenvalue weighted by molar-refractivity contribution is 7.17. The van der Waals surface area contributed by atoms with E-state index in [0.29, 0.717) is 16.1 Å². The first-order valence-corrected chi connectivity index (χ1v) is 9.68. The minimum absolute atomic E-state index is 0.324. The molecule has 0 saturated carbocycles. The predicted octanol–water partition coefficient (Wildman–Crippen LogP) is 3.15. The van der Waals surface area contributed by atoms with Crippen molar-refractivity contribution in [1.82, 2.24) is 10.3 Å². The Kier molecular flexibility index (Phi) is 4.56. The Hall–Kier alpha value is -3.26. The quantitative estimate of drug-likeness (QED) is 0.633. The maximum Gasteiger partial charge on any atom is 0.319 e. The molecule has 7 nitrogen and oxygen atoms in total. The summed E-state index contributed by atoms with van der Waals surface area (Å²) in [5, 5.41) is 6.24. The molecule has 4 N–H and O–H groups in total. The topological polar surface area (TPSA) is 114 Å². The van der Waals surface area contributed by atoms with Gasteiger partial charge in [0.05, 0.1) is 11.1 Å². The Labute approximate surface area is 165 Å². The van der Waals surface area contributed by atoms with E-state index in [1.54, 1.807) is 18.2 Å². The van der Waals surface area contributed by atoms with E-state index in [-0.39, 0.29) is 5.91 Å². The van der Waals surface area contributed by atoms with Crippen LogP contribution in [-0.4, -0.2) is 22.8 Å². The number of pyridine rings is 1. The molecular weight excluding hydrogens is 376 g/mol. The maximum atomic E-state index is 12.8. The van der Waals surface area contributed by atoms with E-state index >= 15 is 0 Å². The first-order valence-electron chi connectivity index (χ1n) is 8.86. The SMILES string of the molecule is Cc1ccc2cc(C(=O)Nc3sc4c(c3C(=O)NC(N)=O)CCC4)ccc2n1. The molecule has 0 unspecified atom stereocenters. The second-order valence-electron chi connectivity index (χ2n) is 6.69. The number of carbonyl (C=O) groups excluding carboxylic acids is 3. The second kappa shape index (κ2) is 7.05. The predicted molar refractivity (Wildman–Crippen MR) is 108 cm³/mol. The third kappa shape index (κ3) is 3.34. The highest BCUT2D eigenvalue weighted by atomic mass is 32.1. The molecule has 1 aliphatic carbocycles. The summed E-state index contributed by atoms with van der Waals surface area (Å²) in [6.45, 7) is 1.91. The average molecular weight is 394 g/mol. The largest absolute Gasteiger partial charge is 0.351 e. The van der Waals surface area contributed by atoms with E-state index in [1.165, 1.54) is 11.3 Å². The number of fused-ring (bicyclic) bond motifs is 2. The third-order valence-electron chi connectivity index (χ3n) is 4.70. The van der Waals surface area contributed by atoms with Gasteiger partial charge in [-0.15, -0.1) is 11.3 Å². The lowest BCUT2D eigenvalue weighted by molar-refractivity contribution is 0.0966. The number of urea groups is 1. The fourth-order valence-corrected chi connectivity index (χ4v) is 4.73. The van der Waals surface area contributed by atoms with Crippen LogP contribution in [0, 0.1) is 6.92 Å². The molecule has 0 atom stereocenters. The molecule has 0 saturated heterocycles. The van der Waals surface area contributed by atoms with Gasteiger partial charge in [0.15, 0.2) is 0 Å². The highest BCUT2D eigenvalue weighted by Gasteiger charge is 2.28. The van der Waals surface area contributed by atoms with Gasteiger partial charge in [-0.1, -0.05) is 6.07 Å². The van der Waals surface area contributed by atoms with Crippen molar-refractivity contribution in [2.45, 2.75) is 26.2 Å². The summed E-state index contributed by atoms with van der Waals surface area (Å²) < 4.78 is 0. The molecule has 0 spiro atoms. The van der Waals surface area contributed by atoms with Gasteiger partial charge in [-0.05, 0) is 56.0 Å². The van der Waals surface area contributed by atoms with Gasteiger partial charge in [-0.3, -0.25) is 19.9 Å². The summed E-state index contributed by atoms with van der Waals surface area (Å²) in [7, 11) is 0. The molecule has 0 aliphatic heterocycles. The van der Waals surface area contributed by atoms with E-state index in [9.17, 15) is 14.4 Å². The molecule has 2 heterocycles. The molecule has 142 valence electrons. The lowest BCUT2D eigenvalue weighted by atomic mass is 10.1. The van der Waals surface area contributed by atoms with Crippen molar-refractivity contribution in [1.29, 1.82) is 0 Å². The first kappa shape index (κ1) is 18.1. The van der Waals surface area contributed by atoms with E-state index in [1.807, 2.05) is 19.1 Å². The van der Waals surface area contributed by atoms with Crippen molar-refractivity contribution in [2.75, 3.05) is 5.32 Å². The summed E-state index contributed by atoms with van der Waals surface area (Å²) in [5.74, 6) is -0.907. The number of nitrogens with zero attached hydrogens (tertiary/aromatic N) is 1. The van der Waals surface area contributed by atoms with Gasteiger partial charge in [0.25, 0.3) is 11.8 Å². The molecule has 28 heavy (non-hydrogen) atoms. The number of benzene rings is 1. The van der Waals surface area contributed by atoms with E-state index in [4.69, 9.17) is 5.73 Å². The van der Waals surface area contributed by atoms with Crippen molar-refractivity contribution >= 4 is 45.1 Å². The first-order chi connectivity index (χ1) is 13.4. The number of nitrogens with one attached hydrogen (secondary N) is 2. The van der Waals surface area contributed by atoms with Gasteiger partial charge in [-0.25, -0.2) is 4.79 Å². The molecule has 2 aromatic heterocycles. The second-order valence-corrected chi connectivity index (χ2v) is 7.80. The summed E-state index contributed by atoms with van der Waals surface area (Å²) in [4.78, 5) is 41.9. The molecule has 3 aromatic rings. The Morgan fingerprint density at radius 1 is 1.11 bits per heavy atom. The fourth-order valence-electron chi connectivity index (χ4n) is 3.45. The molecule has 0 bridgehead atoms. The monoisotopic (exact) mass is 394 g/mol. The maximum absolute atomic E-state index is 12.8. The van der Waals surface area contributed by atoms with Crippen LogP contribution >= 0.6 is 11.3 Å². The molecule has 8 heteroatoms. The minimum atomic E-state index is -0.919. The molecule has 4 rings (SSSR count). The Balaban J connectivity index is 1.65. The standard InChI is InChI=1S/C20H18N4O3S/c1-10-5-6-11-9-12(7-8-14(11)22-10)17(25)23-19-16(18(26)24-20(21)27)13-3-2-4-15(13)28-19/h5-9H,2-4H2,1H3,(H,23,25)(H3,21,24,26,27). The zero-order chi connectivity index (χ0) is 19.8. The van der Waals surface area contributed by atoms with Gasteiger partial charge < -0.3 is 11.1 Å². The number of rotatable bonds is 3. The molecule has 1 aliphatic rings. The molecule has 0 radical (unpaired) electrons. The van der Waals surface area contributed by atoms with Crippen LogP contribution in [0.15, 0.2) is 30.3 Å². The number of aryl methyl sites for hydroxylation is 2. The van der Waals surface area contributed by atoms with Crippen LogP contribution in [0.4, 0.5) is 9.80 Å². The molecule has 1 aromatic carbocycles. The zero-order valence-electron chi connectivity index (χ0n) is 15.2. The number of hydrogen-bond acceptors (Lipinski definition) is 5. The van der Waals surface area contributed by atoms with Crippen molar-refractivity contribution in [3.8, 4) is 0 Å². The third-order valence-corrected chi connectivity index (χ3v) is 5.91. The Bertz CT molecular complexity index is 1140. The van der Waals surface area contributed by atoms with Crippen molar-refractivity contribution in [3.05, 3.63) is 57.6 Å². The van der Waals surface area contributed by atoms with Gasteiger partial charge in [-0.2, -0.15) is 0 Å². The Morgan fingerprint density at radius 3 is 2.71 bits per heavy atom. The van der Waals surface area contributed by atoms with Gasteiger partial charge in [0.1, 0.15) is 5.00 Å². The smallest absolute Gasteiger partial charge is 0.319 e. The van der Waals surface area contributed by atoms with E-state index in [0.717, 1.165) is 46.3 Å². The van der Waals surface area contributed by atoms with Crippen LogP contribution in [0.2, 0.25) is 0 Å². The van der Waals surface area contributed by atoms with Crippen LogP contribution in [0.3, 0.4) is 0 Å². The number of nitrogens with two attached hydrogens (primary N) is 1. The van der Waals surface area contributed by atoms with Crippen molar-refractivity contribution < 1.29 is 14.4 Å². The average Bonchev–Trinajstić information content (AvgIpc) is 3.21. The fraction of sp³-hybridized carbons (Fsp3) is 0.200. The summed E-state index contributed by atoms with van der Waals surface area (Å²) in [6.07, 6.45) is 2.54. The number of aromatic nitrogens is 1. The van der Waals surface area contributed by atoms with Crippen LogP contribution in [0.25, 0.3) is 10.9 Å². The summed E-state index contributed by atoms with van der Waals surface area (Å²) in [5.41, 5.74) is 8.50. The minimum Gasteiger partial charge on any atom is -0.351 e. The Morgan fingerprint density at radius 2 is 1.93 bits per heavy atom. The number of carbonyl (C=O) groups is 3. The van der Waals surface area contributed by atoms with E-state index in [2.05, 4.69) is 15.6 Å². The molecular formula is C20H18N4O3S. The normalized spacial score (nSPS) is 12.6. The number of anilines is 1. The lowest BCUT2D eigenvalue weighted by Gasteiger charge is -2.08. The number of imide groups is 1. The van der Waals surface area contributed by atoms with E-state index < -0.39 is 11.9 Å². The molecule has 4 amide bonds. The number of thiophene rings is 1. The van der Waals surface area contributed by atoms with Crippen LogP contribution in [-0.2, 0) is 12.8 Å². The zero-order valence-corrected chi connectivity index (χ0v) is 16.0. The van der Waals surface area contributed by atoms with Gasteiger partial charge >= 0.3 is 6.03 Å². The van der Waals surface area contributed by atoms with Crippen molar-refractivity contribution in [2.24, 2.45) is 5.73 Å². The number of primary amides is 1. The van der Waals surface area contributed by atoms with Crippen LogP contribution < -0.4 is 16.4 Å². The van der Waals surface area contributed by atoms with Crippen LogP contribution in [0.1, 0.15) is 43.3 Å².